The van der Waals surface area contributed by atoms with Crippen LogP contribution >= 0.6 is 28.1 Å². The van der Waals surface area contributed by atoms with Gasteiger partial charge in [-0.05, 0) is 47.6 Å². The van der Waals surface area contributed by atoms with Crippen LogP contribution in [-0.2, 0) is 13.6 Å². The van der Waals surface area contributed by atoms with Crippen molar-refractivity contribution in [1.29, 1.82) is 0 Å². The highest BCUT2D eigenvalue weighted by atomic mass is 79.9. The van der Waals surface area contributed by atoms with E-state index in [1.54, 1.807) is 6.20 Å². The number of aromatic amines is 1. The molecule has 27 heavy (non-hydrogen) atoms. The highest BCUT2D eigenvalue weighted by molar-refractivity contribution is 9.10. The van der Waals surface area contributed by atoms with Crippen LogP contribution in [0.25, 0.3) is 17.2 Å². The Balaban J connectivity index is 1.72. The number of aryl methyl sites for hydroxylation is 2. The third-order valence-corrected chi connectivity index (χ3v) is 5.71. The number of nitrogens with zero attached hydrogens (tertiary/aromatic N) is 6. The van der Waals surface area contributed by atoms with Crippen molar-refractivity contribution in [3.8, 4) is 17.2 Å². The lowest BCUT2D eigenvalue weighted by molar-refractivity contribution is 0.686. The van der Waals surface area contributed by atoms with E-state index in [9.17, 15) is 0 Å². The second-order valence-electron chi connectivity index (χ2n) is 6.44. The number of H-pyrrole nitrogens is 1. The maximum Gasteiger partial charge on any atom is 0.200 e. The Morgan fingerprint density at radius 1 is 1.19 bits per heavy atom. The van der Waals surface area contributed by atoms with Gasteiger partial charge in [-0.15, -0.1) is 0 Å². The molecule has 4 rings (SSSR count). The van der Waals surface area contributed by atoms with Crippen molar-refractivity contribution < 1.29 is 0 Å². The molecule has 0 spiro atoms. The highest BCUT2D eigenvalue weighted by Crippen LogP contribution is 2.29. The Labute approximate surface area is 169 Å². The molecule has 0 radical (unpaired) electrons. The lowest BCUT2D eigenvalue weighted by Crippen LogP contribution is -2.01. The standard InChI is InChI=1S/C18H18BrN7S/c1-11-4-6-13(7-5-11)9-25-10-14(8-20-25)26-17(21-22-18(26)27)16-15(19)12(2)24(3)23-16/h4-8,10H,9H2,1-3H3,(H,22,27). The summed E-state index contributed by atoms with van der Waals surface area (Å²) in [5, 5.41) is 16.3. The fourth-order valence-electron chi connectivity index (χ4n) is 2.86. The van der Waals surface area contributed by atoms with Gasteiger partial charge in [0, 0.05) is 18.9 Å². The topological polar surface area (TPSA) is 69.2 Å². The van der Waals surface area contributed by atoms with Crippen LogP contribution in [0.15, 0.2) is 41.1 Å². The van der Waals surface area contributed by atoms with Crippen molar-refractivity contribution in [3.63, 3.8) is 0 Å². The summed E-state index contributed by atoms with van der Waals surface area (Å²) in [6.45, 7) is 4.76. The molecule has 7 nitrogen and oxygen atoms in total. The molecule has 1 aromatic carbocycles. The summed E-state index contributed by atoms with van der Waals surface area (Å²) in [5.74, 6) is 0.644. The molecular weight excluding hydrogens is 426 g/mol. The minimum atomic E-state index is 0.495. The Bertz CT molecular complexity index is 1160. The minimum Gasteiger partial charge on any atom is -0.271 e. The van der Waals surface area contributed by atoms with Gasteiger partial charge in [-0.2, -0.15) is 15.3 Å². The maximum absolute atomic E-state index is 5.45. The van der Waals surface area contributed by atoms with E-state index in [0.29, 0.717) is 17.1 Å². The molecular formula is C18H18BrN7S. The summed E-state index contributed by atoms with van der Waals surface area (Å²) >= 11 is 9.05. The quantitative estimate of drug-likeness (QED) is 0.484. The normalized spacial score (nSPS) is 11.3. The summed E-state index contributed by atoms with van der Waals surface area (Å²) in [6, 6.07) is 8.43. The molecule has 138 valence electrons. The molecule has 0 saturated heterocycles. The zero-order chi connectivity index (χ0) is 19.1. The molecule has 0 aliphatic carbocycles. The minimum absolute atomic E-state index is 0.495. The Morgan fingerprint density at radius 3 is 2.59 bits per heavy atom. The van der Waals surface area contributed by atoms with Crippen LogP contribution in [0.2, 0.25) is 0 Å². The second kappa shape index (κ2) is 6.90. The van der Waals surface area contributed by atoms with E-state index >= 15 is 0 Å². The molecule has 0 amide bonds. The highest BCUT2D eigenvalue weighted by Gasteiger charge is 2.20. The predicted molar refractivity (Wildman–Crippen MR) is 109 cm³/mol. The second-order valence-corrected chi connectivity index (χ2v) is 7.62. The molecule has 3 aromatic heterocycles. The van der Waals surface area contributed by atoms with Crippen LogP contribution in [0.4, 0.5) is 0 Å². The average molecular weight is 444 g/mol. The van der Waals surface area contributed by atoms with Crippen LogP contribution in [0.5, 0.6) is 0 Å². The number of benzene rings is 1. The molecule has 1 N–H and O–H groups in total. The van der Waals surface area contributed by atoms with E-state index in [1.165, 1.54) is 11.1 Å². The molecule has 0 aliphatic rings. The molecule has 4 aromatic rings. The third kappa shape index (κ3) is 3.28. The number of hydrogen-bond acceptors (Lipinski definition) is 4. The molecule has 0 bridgehead atoms. The lowest BCUT2D eigenvalue weighted by Gasteiger charge is -2.03. The van der Waals surface area contributed by atoms with E-state index < -0.39 is 0 Å². The van der Waals surface area contributed by atoms with Gasteiger partial charge in [0.15, 0.2) is 10.6 Å². The third-order valence-electron chi connectivity index (χ3n) is 4.49. The van der Waals surface area contributed by atoms with Gasteiger partial charge in [0.1, 0.15) is 5.69 Å². The van der Waals surface area contributed by atoms with E-state index in [1.807, 2.05) is 34.1 Å². The summed E-state index contributed by atoms with van der Waals surface area (Å²) in [4.78, 5) is 0. The van der Waals surface area contributed by atoms with Gasteiger partial charge in [0.25, 0.3) is 0 Å². The van der Waals surface area contributed by atoms with Crippen molar-refractivity contribution >= 4 is 28.1 Å². The molecule has 0 unspecified atom stereocenters. The molecule has 0 atom stereocenters. The SMILES string of the molecule is Cc1ccc(Cn2cc(-n3c(-c4nn(C)c(C)c4Br)n[nH]c3=S)cn2)cc1. The number of aromatic nitrogens is 7. The van der Waals surface area contributed by atoms with Crippen molar-refractivity contribution in [2.45, 2.75) is 20.4 Å². The van der Waals surface area contributed by atoms with Crippen LogP contribution in [-0.4, -0.2) is 34.3 Å². The molecule has 9 heteroatoms. The average Bonchev–Trinajstić information content (AvgIpc) is 3.32. The van der Waals surface area contributed by atoms with E-state index in [-0.39, 0.29) is 0 Å². The zero-order valence-electron chi connectivity index (χ0n) is 15.1. The fraction of sp³-hybridized carbons (Fsp3) is 0.222. The number of rotatable bonds is 4. The Morgan fingerprint density at radius 2 is 1.93 bits per heavy atom. The van der Waals surface area contributed by atoms with Gasteiger partial charge >= 0.3 is 0 Å². The maximum atomic E-state index is 5.45. The van der Waals surface area contributed by atoms with Crippen LogP contribution < -0.4 is 0 Å². The summed E-state index contributed by atoms with van der Waals surface area (Å²) in [6.07, 6.45) is 3.74. The Kier molecular flexibility index (Phi) is 4.56. The zero-order valence-corrected chi connectivity index (χ0v) is 17.5. The molecule has 0 saturated carbocycles. The fourth-order valence-corrected chi connectivity index (χ4v) is 3.61. The van der Waals surface area contributed by atoms with Crippen LogP contribution in [0.3, 0.4) is 0 Å². The summed E-state index contributed by atoms with van der Waals surface area (Å²) < 4.78 is 6.93. The molecule has 0 aliphatic heterocycles. The van der Waals surface area contributed by atoms with E-state index in [4.69, 9.17) is 12.2 Å². The van der Waals surface area contributed by atoms with Crippen LogP contribution in [0.1, 0.15) is 16.8 Å². The first-order valence-electron chi connectivity index (χ1n) is 8.39. The van der Waals surface area contributed by atoms with Crippen molar-refractivity contribution in [2.75, 3.05) is 0 Å². The molecule has 3 heterocycles. The number of hydrogen-bond donors (Lipinski definition) is 1. The first-order chi connectivity index (χ1) is 12.9. The summed E-state index contributed by atoms with van der Waals surface area (Å²) in [5.41, 5.74) is 5.01. The first-order valence-corrected chi connectivity index (χ1v) is 9.59. The smallest absolute Gasteiger partial charge is 0.200 e. The van der Waals surface area contributed by atoms with Crippen molar-refractivity contribution in [1.82, 2.24) is 34.3 Å². The van der Waals surface area contributed by atoms with Gasteiger partial charge in [-0.1, -0.05) is 29.8 Å². The van der Waals surface area contributed by atoms with Crippen molar-refractivity contribution in [2.24, 2.45) is 7.05 Å². The summed E-state index contributed by atoms with van der Waals surface area (Å²) in [7, 11) is 1.90. The van der Waals surface area contributed by atoms with Gasteiger partial charge < -0.3 is 0 Å². The van der Waals surface area contributed by atoms with Crippen molar-refractivity contribution in [3.05, 3.63) is 62.7 Å². The number of halogens is 1. The van der Waals surface area contributed by atoms with Gasteiger partial charge in [-0.25, -0.2) is 0 Å². The first kappa shape index (κ1) is 17.9. The van der Waals surface area contributed by atoms with Gasteiger partial charge in [-0.3, -0.25) is 19.0 Å². The van der Waals surface area contributed by atoms with E-state index in [2.05, 4.69) is 67.5 Å². The monoisotopic (exact) mass is 443 g/mol. The predicted octanol–water partition coefficient (Wildman–Crippen LogP) is 3.95. The van der Waals surface area contributed by atoms with E-state index in [0.717, 1.165) is 21.5 Å². The lowest BCUT2D eigenvalue weighted by atomic mass is 10.1. The number of nitrogens with one attached hydrogen (secondary N) is 1. The Hall–Kier alpha value is -2.52. The van der Waals surface area contributed by atoms with Gasteiger partial charge in [0.2, 0.25) is 0 Å². The molecule has 0 fully saturated rings. The van der Waals surface area contributed by atoms with Crippen LogP contribution in [0, 0.1) is 18.6 Å². The van der Waals surface area contributed by atoms with Gasteiger partial charge in [0.05, 0.1) is 22.9 Å². The largest absolute Gasteiger partial charge is 0.271 e.